The van der Waals surface area contributed by atoms with E-state index >= 15 is 0 Å². The highest BCUT2D eigenvalue weighted by Crippen LogP contribution is 2.09. The largest absolute Gasteiger partial charge is 0.482 e. The lowest BCUT2D eigenvalue weighted by molar-refractivity contribution is 0.0486. The van der Waals surface area contributed by atoms with Gasteiger partial charge in [-0.3, -0.25) is 4.79 Å². The van der Waals surface area contributed by atoms with Gasteiger partial charge in [-0.25, -0.2) is 4.79 Å². The maximum Gasteiger partial charge on any atom is 0.374 e. The second-order valence-corrected chi connectivity index (χ2v) is 3.97. The van der Waals surface area contributed by atoms with Crippen LogP contribution in [0.3, 0.4) is 0 Å². The SMILES string of the molecule is CCOC(=O)c1cc(=O)c(OCc2ccccc2)co1. The number of ether oxygens (including phenoxy) is 2. The smallest absolute Gasteiger partial charge is 0.374 e. The van der Waals surface area contributed by atoms with E-state index in [-0.39, 0.29) is 24.7 Å². The molecule has 0 radical (unpaired) electrons. The monoisotopic (exact) mass is 274 g/mol. The Bertz CT molecular complexity index is 630. The normalized spacial score (nSPS) is 10.1. The molecule has 0 spiro atoms. The summed E-state index contributed by atoms with van der Waals surface area (Å²) in [5.41, 5.74) is 0.511. The van der Waals surface area contributed by atoms with Gasteiger partial charge in [0.05, 0.1) is 6.61 Å². The van der Waals surface area contributed by atoms with Gasteiger partial charge in [-0.05, 0) is 12.5 Å². The molecule has 0 bridgehead atoms. The zero-order valence-electron chi connectivity index (χ0n) is 11.0. The van der Waals surface area contributed by atoms with Crippen LogP contribution in [0, 0.1) is 0 Å². The third-order valence-electron chi connectivity index (χ3n) is 2.51. The maximum atomic E-state index is 11.8. The summed E-state index contributed by atoms with van der Waals surface area (Å²) >= 11 is 0. The lowest BCUT2D eigenvalue weighted by Crippen LogP contribution is -2.12. The van der Waals surface area contributed by atoms with Crippen LogP contribution in [-0.4, -0.2) is 12.6 Å². The van der Waals surface area contributed by atoms with Gasteiger partial charge >= 0.3 is 5.97 Å². The molecule has 0 unspecified atom stereocenters. The minimum absolute atomic E-state index is 0.0573. The van der Waals surface area contributed by atoms with Crippen molar-refractivity contribution in [1.82, 2.24) is 0 Å². The van der Waals surface area contributed by atoms with Crippen LogP contribution in [0.25, 0.3) is 0 Å². The van der Waals surface area contributed by atoms with Crippen molar-refractivity contribution < 1.29 is 18.7 Å². The Hall–Kier alpha value is -2.56. The van der Waals surface area contributed by atoms with E-state index in [2.05, 4.69) is 0 Å². The standard InChI is InChI=1S/C15H14O5/c1-2-18-15(17)13-8-12(16)14(10-20-13)19-9-11-6-4-3-5-7-11/h3-8,10H,2,9H2,1H3. The molecule has 0 saturated heterocycles. The molecule has 2 aromatic rings. The molecule has 0 saturated carbocycles. The van der Waals surface area contributed by atoms with Crippen molar-refractivity contribution in [3.63, 3.8) is 0 Å². The van der Waals surface area contributed by atoms with E-state index in [0.717, 1.165) is 17.9 Å². The predicted molar refractivity (Wildman–Crippen MR) is 71.7 cm³/mol. The molecule has 104 valence electrons. The number of carbonyl (C=O) groups excluding carboxylic acids is 1. The van der Waals surface area contributed by atoms with Crippen molar-refractivity contribution in [1.29, 1.82) is 0 Å². The first-order valence-electron chi connectivity index (χ1n) is 6.17. The lowest BCUT2D eigenvalue weighted by atomic mass is 10.2. The number of carbonyl (C=O) groups is 1. The highest BCUT2D eigenvalue weighted by Gasteiger charge is 2.12. The van der Waals surface area contributed by atoms with Crippen LogP contribution >= 0.6 is 0 Å². The van der Waals surface area contributed by atoms with Crippen LogP contribution in [0.4, 0.5) is 0 Å². The number of hydrogen-bond donors (Lipinski definition) is 0. The summed E-state index contributed by atoms with van der Waals surface area (Å²) in [5, 5.41) is 0. The van der Waals surface area contributed by atoms with E-state index in [4.69, 9.17) is 13.9 Å². The molecule has 1 aromatic heterocycles. The molecule has 0 aliphatic rings. The Morgan fingerprint density at radius 2 is 2.00 bits per heavy atom. The van der Waals surface area contributed by atoms with Crippen molar-refractivity contribution in [3.8, 4) is 5.75 Å². The summed E-state index contributed by atoms with van der Waals surface area (Å²) in [6, 6.07) is 10.5. The molecule has 0 fully saturated rings. The van der Waals surface area contributed by atoms with E-state index in [1.165, 1.54) is 0 Å². The van der Waals surface area contributed by atoms with Crippen molar-refractivity contribution >= 4 is 5.97 Å². The average Bonchev–Trinajstić information content (AvgIpc) is 2.47. The maximum absolute atomic E-state index is 11.8. The van der Waals surface area contributed by atoms with Crippen LogP contribution in [0.2, 0.25) is 0 Å². The van der Waals surface area contributed by atoms with Crippen LogP contribution in [-0.2, 0) is 11.3 Å². The minimum Gasteiger partial charge on any atom is -0.482 e. The molecule has 5 nitrogen and oxygen atoms in total. The van der Waals surface area contributed by atoms with Gasteiger partial charge in [0.25, 0.3) is 0 Å². The van der Waals surface area contributed by atoms with Crippen LogP contribution < -0.4 is 10.2 Å². The second-order valence-electron chi connectivity index (χ2n) is 3.97. The number of esters is 1. The highest BCUT2D eigenvalue weighted by atomic mass is 16.5. The first kappa shape index (κ1) is 13.9. The molecule has 1 aromatic carbocycles. The number of benzene rings is 1. The predicted octanol–water partition coefficient (Wildman–Crippen LogP) is 2.40. The summed E-state index contributed by atoms with van der Waals surface area (Å²) in [4.78, 5) is 23.2. The van der Waals surface area contributed by atoms with Crippen LogP contribution in [0.1, 0.15) is 23.0 Å². The van der Waals surface area contributed by atoms with Gasteiger partial charge in [-0.1, -0.05) is 30.3 Å². The fourth-order valence-electron chi connectivity index (χ4n) is 1.55. The van der Waals surface area contributed by atoms with Crippen molar-refractivity contribution in [2.24, 2.45) is 0 Å². The van der Waals surface area contributed by atoms with E-state index < -0.39 is 11.4 Å². The second kappa shape index (κ2) is 6.56. The Labute approximate surface area is 115 Å². The van der Waals surface area contributed by atoms with Crippen molar-refractivity contribution in [2.75, 3.05) is 6.61 Å². The van der Waals surface area contributed by atoms with Gasteiger partial charge in [-0.15, -0.1) is 0 Å². The first-order chi connectivity index (χ1) is 9.70. The molecule has 0 N–H and O–H groups in total. The first-order valence-corrected chi connectivity index (χ1v) is 6.17. The molecule has 2 rings (SSSR count). The summed E-state index contributed by atoms with van der Waals surface area (Å²) < 4.78 is 15.1. The average molecular weight is 274 g/mol. The minimum atomic E-state index is -0.667. The lowest BCUT2D eigenvalue weighted by Gasteiger charge is -2.05. The third kappa shape index (κ3) is 3.47. The molecule has 1 heterocycles. The molecule has 5 heteroatoms. The fourth-order valence-corrected chi connectivity index (χ4v) is 1.55. The Kier molecular flexibility index (Phi) is 4.55. The van der Waals surface area contributed by atoms with Crippen molar-refractivity contribution in [2.45, 2.75) is 13.5 Å². The van der Waals surface area contributed by atoms with E-state index in [0.29, 0.717) is 0 Å². The number of rotatable bonds is 5. The fraction of sp³-hybridized carbons (Fsp3) is 0.200. The summed E-state index contributed by atoms with van der Waals surface area (Å²) in [6.07, 6.45) is 1.12. The summed E-state index contributed by atoms with van der Waals surface area (Å²) in [6.45, 7) is 2.15. The van der Waals surface area contributed by atoms with E-state index in [1.807, 2.05) is 30.3 Å². The van der Waals surface area contributed by atoms with Gasteiger partial charge in [0.2, 0.25) is 16.9 Å². The van der Waals surface area contributed by atoms with Gasteiger partial charge < -0.3 is 13.9 Å². The van der Waals surface area contributed by atoms with Crippen LogP contribution in [0.15, 0.2) is 51.9 Å². The highest BCUT2D eigenvalue weighted by molar-refractivity contribution is 5.86. The van der Waals surface area contributed by atoms with Crippen molar-refractivity contribution in [3.05, 3.63) is 64.2 Å². The zero-order valence-corrected chi connectivity index (χ0v) is 11.0. The summed E-state index contributed by atoms with van der Waals surface area (Å²) in [7, 11) is 0. The third-order valence-corrected chi connectivity index (χ3v) is 2.51. The molecular formula is C15H14O5. The Morgan fingerprint density at radius 3 is 2.65 bits per heavy atom. The quantitative estimate of drug-likeness (QED) is 0.783. The Morgan fingerprint density at radius 1 is 1.25 bits per heavy atom. The Balaban J connectivity index is 2.07. The molecule has 0 amide bonds. The van der Waals surface area contributed by atoms with Gasteiger partial charge in [0.15, 0.2) is 0 Å². The van der Waals surface area contributed by atoms with E-state index in [1.54, 1.807) is 6.92 Å². The topological polar surface area (TPSA) is 65.7 Å². The summed E-state index contributed by atoms with van der Waals surface area (Å²) in [5.74, 6) is -0.745. The van der Waals surface area contributed by atoms with E-state index in [9.17, 15) is 9.59 Å². The van der Waals surface area contributed by atoms with Gasteiger partial charge in [0, 0.05) is 6.07 Å². The van der Waals surface area contributed by atoms with Gasteiger partial charge in [-0.2, -0.15) is 0 Å². The van der Waals surface area contributed by atoms with Crippen LogP contribution in [0.5, 0.6) is 5.75 Å². The zero-order chi connectivity index (χ0) is 14.4. The molecule has 0 aliphatic heterocycles. The van der Waals surface area contributed by atoms with Gasteiger partial charge in [0.1, 0.15) is 12.9 Å². The molecule has 0 aliphatic carbocycles. The molecular weight excluding hydrogens is 260 g/mol. The molecule has 0 atom stereocenters. The number of hydrogen-bond acceptors (Lipinski definition) is 5. The molecule has 20 heavy (non-hydrogen) atoms.